The molecule has 1 unspecified atom stereocenters. The van der Waals surface area contributed by atoms with Crippen LogP contribution in [0.1, 0.15) is 6.92 Å². The third-order valence-electron chi connectivity index (χ3n) is 5.71. The first-order valence-electron chi connectivity index (χ1n) is 12.5. The van der Waals surface area contributed by atoms with E-state index in [2.05, 4.69) is 42.1 Å². The number of likely N-dealkylation sites (N-methyl/N-ethyl adjacent to an activating group) is 2. The molecule has 1 atom stereocenters. The van der Waals surface area contributed by atoms with Gasteiger partial charge in [0.1, 0.15) is 16.7 Å². The third-order valence-corrected chi connectivity index (χ3v) is 6.68. The number of rotatable bonds is 14. The Bertz CT molecular complexity index is 1370. The Morgan fingerprint density at radius 2 is 1.82 bits per heavy atom. The normalized spacial score (nSPS) is 11.5. The highest BCUT2D eigenvalue weighted by Gasteiger charge is 2.17. The monoisotopic (exact) mass is 570 g/mol. The molecule has 11 nitrogen and oxygen atoms in total. The maximum absolute atomic E-state index is 14.7. The number of hydrogen-bond acceptors (Lipinski definition) is 9. The SMILES string of the molecule is C=CC(=O)Nc1cc(Nc2ncc(F)c(Nc3ccccc3NS(=O)CC)n2)c(OC)cc1N(C)CCN(C)C. The van der Waals surface area contributed by atoms with Gasteiger partial charge in [-0.2, -0.15) is 4.98 Å². The maximum atomic E-state index is 14.7. The van der Waals surface area contributed by atoms with Gasteiger partial charge in [0.15, 0.2) is 11.6 Å². The van der Waals surface area contributed by atoms with Gasteiger partial charge in [0.2, 0.25) is 11.9 Å². The maximum Gasteiger partial charge on any atom is 0.247 e. The van der Waals surface area contributed by atoms with Crippen LogP contribution in [0, 0.1) is 5.82 Å². The Morgan fingerprint density at radius 1 is 1.10 bits per heavy atom. The van der Waals surface area contributed by atoms with E-state index in [9.17, 15) is 13.4 Å². The van der Waals surface area contributed by atoms with Crippen molar-refractivity contribution in [1.29, 1.82) is 0 Å². The number of carbonyl (C=O) groups is 1. The van der Waals surface area contributed by atoms with Crippen LogP contribution in [0.4, 0.5) is 44.6 Å². The Labute approximate surface area is 236 Å². The zero-order valence-corrected chi connectivity index (χ0v) is 24.1. The van der Waals surface area contributed by atoms with Gasteiger partial charge in [-0.15, -0.1) is 0 Å². The van der Waals surface area contributed by atoms with Crippen LogP contribution >= 0.6 is 0 Å². The van der Waals surface area contributed by atoms with E-state index in [1.165, 1.54) is 13.2 Å². The van der Waals surface area contributed by atoms with Crippen molar-refractivity contribution in [1.82, 2.24) is 14.9 Å². The number of halogens is 1. The second-order valence-corrected chi connectivity index (χ2v) is 10.4. The highest BCUT2D eigenvalue weighted by molar-refractivity contribution is 7.86. The lowest BCUT2D eigenvalue weighted by Crippen LogP contribution is -2.29. The fourth-order valence-corrected chi connectivity index (χ4v) is 4.11. The number of aromatic nitrogens is 2. The van der Waals surface area contributed by atoms with Crippen LogP contribution in [-0.4, -0.2) is 72.1 Å². The quantitative estimate of drug-likeness (QED) is 0.210. The van der Waals surface area contributed by atoms with E-state index >= 15 is 0 Å². The second kappa shape index (κ2) is 14.2. The highest BCUT2D eigenvalue weighted by Crippen LogP contribution is 2.38. The van der Waals surface area contributed by atoms with E-state index in [1.54, 1.807) is 43.3 Å². The molecule has 214 valence electrons. The minimum absolute atomic E-state index is 0.0829. The largest absolute Gasteiger partial charge is 0.494 e. The highest BCUT2D eigenvalue weighted by atomic mass is 32.2. The van der Waals surface area contributed by atoms with E-state index in [0.717, 1.165) is 18.4 Å². The molecule has 0 aliphatic heterocycles. The van der Waals surface area contributed by atoms with Gasteiger partial charge in [-0.1, -0.05) is 25.6 Å². The van der Waals surface area contributed by atoms with Gasteiger partial charge < -0.3 is 35.2 Å². The lowest BCUT2D eigenvalue weighted by molar-refractivity contribution is -0.111. The van der Waals surface area contributed by atoms with Gasteiger partial charge in [0, 0.05) is 32.0 Å². The number of nitrogens with one attached hydrogen (secondary N) is 4. The summed E-state index contributed by atoms with van der Waals surface area (Å²) in [6, 6.07) is 10.5. The van der Waals surface area contributed by atoms with Crippen molar-refractivity contribution in [2.24, 2.45) is 0 Å². The van der Waals surface area contributed by atoms with Crippen LogP contribution in [0.2, 0.25) is 0 Å². The second-order valence-electron chi connectivity index (χ2n) is 8.91. The number of amides is 1. The smallest absolute Gasteiger partial charge is 0.247 e. The van der Waals surface area contributed by atoms with Crippen molar-refractivity contribution in [2.45, 2.75) is 6.92 Å². The molecule has 0 radical (unpaired) electrons. The molecule has 0 aliphatic carbocycles. The summed E-state index contributed by atoms with van der Waals surface area (Å²) in [5, 5.41) is 8.84. The molecule has 4 N–H and O–H groups in total. The summed E-state index contributed by atoms with van der Waals surface area (Å²) < 4.78 is 35.3. The van der Waals surface area contributed by atoms with Crippen LogP contribution < -0.4 is 30.3 Å². The van der Waals surface area contributed by atoms with Crippen molar-refractivity contribution in [3.8, 4) is 5.75 Å². The van der Waals surface area contributed by atoms with Crippen LogP contribution in [0.25, 0.3) is 0 Å². The number of methoxy groups -OCH3 is 1. The summed E-state index contributed by atoms with van der Waals surface area (Å²) in [4.78, 5) is 24.6. The molecule has 3 aromatic rings. The predicted molar refractivity (Wildman–Crippen MR) is 161 cm³/mol. The summed E-state index contributed by atoms with van der Waals surface area (Å²) in [6.07, 6.45) is 2.22. The van der Waals surface area contributed by atoms with Crippen LogP contribution in [0.5, 0.6) is 5.75 Å². The molecule has 0 spiro atoms. The average molecular weight is 571 g/mol. The van der Waals surface area contributed by atoms with E-state index in [4.69, 9.17) is 4.74 Å². The summed E-state index contributed by atoms with van der Waals surface area (Å²) in [5.41, 5.74) is 2.72. The first-order chi connectivity index (χ1) is 19.1. The predicted octanol–water partition coefficient (Wildman–Crippen LogP) is 4.33. The number of carbonyl (C=O) groups excluding carboxylic acids is 1. The standard InChI is InChI=1S/C27H35FN8O3S/c1-7-25(37)30-21-15-22(24(39-6)16-23(21)36(5)14-13-35(3)4)32-27-29-17-18(28)26(33-27)31-19-11-9-10-12-20(19)34-40(38)8-2/h7,9-12,15-17,34H,1,8,13-14H2,2-6H3,(H,30,37)(H2,29,31,32,33). The van der Waals surface area contributed by atoms with Gasteiger partial charge in [-0.3, -0.25) is 4.79 Å². The van der Waals surface area contributed by atoms with E-state index < -0.39 is 16.8 Å². The van der Waals surface area contributed by atoms with E-state index in [0.29, 0.717) is 40.8 Å². The Hall–Kier alpha value is -4.23. The molecule has 1 aromatic heterocycles. The Morgan fingerprint density at radius 3 is 2.48 bits per heavy atom. The van der Waals surface area contributed by atoms with Gasteiger partial charge in [0.25, 0.3) is 0 Å². The molecule has 2 aromatic carbocycles. The fourth-order valence-electron chi connectivity index (χ4n) is 3.54. The first-order valence-corrected chi connectivity index (χ1v) is 13.8. The number of anilines is 7. The lowest BCUT2D eigenvalue weighted by atomic mass is 10.2. The molecule has 1 amide bonds. The summed E-state index contributed by atoms with van der Waals surface area (Å²) in [6.45, 7) is 6.81. The van der Waals surface area contributed by atoms with Crippen molar-refractivity contribution in [2.75, 3.05) is 72.7 Å². The molecule has 0 saturated heterocycles. The Kier molecular flexibility index (Phi) is 10.8. The minimum Gasteiger partial charge on any atom is -0.494 e. The van der Waals surface area contributed by atoms with Gasteiger partial charge in [-0.25, -0.2) is 13.6 Å². The number of hydrogen-bond donors (Lipinski definition) is 4. The van der Waals surface area contributed by atoms with Crippen molar-refractivity contribution >= 4 is 57.1 Å². The molecule has 0 saturated carbocycles. The zero-order chi connectivity index (χ0) is 29.2. The van der Waals surface area contributed by atoms with Crippen LogP contribution in [0.3, 0.4) is 0 Å². The van der Waals surface area contributed by atoms with Crippen LogP contribution in [0.15, 0.2) is 55.3 Å². The van der Waals surface area contributed by atoms with E-state index in [1.807, 2.05) is 26.0 Å². The molecular formula is C27H35FN8O3S. The molecular weight excluding hydrogens is 535 g/mol. The van der Waals surface area contributed by atoms with Crippen LogP contribution in [-0.2, 0) is 15.8 Å². The molecule has 0 aliphatic rings. The lowest BCUT2D eigenvalue weighted by Gasteiger charge is -2.26. The van der Waals surface area contributed by atoms with Crippen molar-refractivity contribution in [3.63, 3.8) is 0 Å². The van der Waals surface area contributed by atoms with Crippen molar-refractivity contribution in [3.05, 3.63) is 61.1 Å². The molecule has 0 bridgehead atoms. The van der Waals surface area contributed by atoms with Gasteiger partial charge in [-0.05, 0) is 38.4 Å². The van der Waals surface area contributed by atoms with Crippen molar-refractivity contribution < 1.29 is 18.1 Å². The summed E-state index contributed by atoms with van der Waals surface area (Å²) >= 11 is 0. The first kappa shape index (κ1) is 30.3. The molecule has 40 heavy (non-hydrogen) atoms. The molecule has 1 heterocycles. The summed E-state index contributed by atoms with van der Waals surface area (Å²) in [7, 11) is 6.11. The fraction of sp³-hybridized carbons (Fsp3) is 0.296. The number of ether oxygens (including phenoxy) is 1. The minimum atomic E-state index is -1.29. The number of para-hydroxylation sites is 2. The number of nitrogens with zero attached hydrogens (tertiary/aromatic N) is 4. The Balaban J connectivity index is 1.95. The average Bonchev–Trinajstić information content (AvgIpc) is 2.94. The number of benzene rings is 2. The third kappa shape index (κ3) is 8.13. The molecule has 13 heteroatoms. The molecule has 3 rings (SSSR count). The van der Waals surface area contributed by atoms with Gasteiger partial charge in [0.05, 0.1) is 41.7 Å². The zero-order valence-electron chi connectivity index (χ0n) is 23.2. The van der Waals surface area contributed by atoms with Gasteiger partial charge >= 0.3 is 0 Å². The molecule has 0 fully saturated rings. The van der Waals surface area contributed by atoms with E-state index in [-0.39, 0.29) is 17.7 Å². The summed E-state index contributed by atoms with van der Waals surface area (Å²) in [5.74, 6) is -0.194. The topological polar surface area (TPSA) is 124 Å².